The molecule has 0 spiro atoms. The minimum absolute atomic E-state index is 0.0428. The second kappa shape index (κ2) is 10.6. The van der Waals surface area contributed by atoms with Gasteiger partial charge in [0.15, 0.2) is 5.69 Å². The van der Waals surface area contributed by atoms with Crippen molar-refractivity contribution < 1.29 is 18.7 Å². The molecule has 7 nitrogen and oxygen atoms in total. The molecule has 0 radical (unpaired) electrons. The van der Waals surface area contributed by atoms with E-state index in [0.717, 1.165) is 23.2 Å². The van der Waals surface area contributed by atoms with Crippen LogP contribution in [0.3, 0.4) is 0 Å². The Morgan fingerprint density at radius 1 is 1.06 bits per heavy atom. The molecule has 0 aliphatic carbocycles. The summed E-state index contributed by atoms with van der Waals surface area (Å²) in [6.07, 6.45) is 3.72. The Bertz CT molecular complexity index is 1210. The summed E-state index contributed by atoms with van der Waals surface area (Å²) in [5, 5.41) is 3.04. The first kappa shape index (κ1) is 24.2. The molecule has 0 bridgehead atoms. The maximum atomic E-state index is 13.2. The number of hydrogen-bond acceptors (Lipinski definition) is 4. The molecule has 1 saturated heterocycles. The standard InChI is InChI=1S/C28H31FN4O3/c1-2-19-3-5-20(6-4-19)15-30-27(34)22-11-13-32(14-12-22)28(35)26-24-17-36-25(16-33(24)18-31-26)21-7-9-23(29)10-8-21/h3-10,18,22,25H,2,11-17H2,1H3,(H,30,34). The topological polar surface area (TPSA) is 76.5 Å². The van der Waals surface area contributed by atoms with Crippen molar-refractivity contribution in [3.8, 4) is 0 Å². The molecule has 1 fully saturated rings. The SMILES string of the molecule is CCc1ccc(CNC(=O)C2CCN(C(=O)c3ncn4c3COC(c3ccc(F)cc3)C4)CC2)cc1. The van der Waals surface area contributed by atoms with Crippen molar-refractivity contribution in [2.45, 2.75) is 52.0 Å². The van der Waals surface area contributed by atoms with Gasteiger partial charge in [0.05, 0.1) is 25.2 Å². The van der Waals surface area contributed by atoms with Gasteiger partial charge < -0.3 is 19.5 Å². The van der Waals surface area contributed by atoms with Crippen molar-refractivity contribution in [2.75, 3.05) is 13.1 Å². The van der Waals surface area contributed by atoms with Gasteiger partial charge in [-0.1, -0.05) is 43.3 Å². The molecule has 8 heteroatoms. The summed E-state index contributed by atoms with van der Waals surface area (Å²) in [7, 11) is 0. The number of hydrogen-bond donors (Lipinski definition) is 1. The number of aryl methyl sites for hydroxylation is 1. The highest BCUT2D eigenvalue weighted by molar-refractivity contribution is 5.93. The number of imidazole rings is 1. The fraction of sp³-hybridized carbons (Fsp3) is 0.393. The molecule has 1 aromatic heterocycles. The average Bonchev–Trinajstić information content (AvgIpc) is 3.35. The minimum Gasteiger partial charge on any atom is -0.365 e. The summed E-state index contributed by atoms with van der Waals surface area (Å²) in [6.45, 7) is 4.46. The zero-order valence-corrected chi connectivity index (χ0v) is 20.5. The average molecular weight is 491 g/mol. The largest absolute Gasteiger partial charge is 0.365 e. The summed E-state index contributed by atoms with van der Waals surface area (Å²) in [5.74, 6) is -0.461. The lowest BCUT2D eigenvalue weighted by molar-refractivity contribution is -0.126. The van der Waals surface area contributed by atoms with Gasteiger partial charge in [0, 0.05) is 25.6 Å². The Kier molecular flexibility index (Phi) is 7.13. The first-order valence-electron chi connectivity index (χ1n) is 12.6. The fourth-order valence-corrected chi connectivity index (χ4v) is 4.91. The van der Waals surface area contributed by atoms with E-state index in [-0.39, 0.29) is 36.3 Å². The van der Waals surface area contributed by atoms with Crippen LogP contribution in [0.15, 0.2) is 54.9 Å². The van der Waals surface area contributed by atoms with Crippen molar-refractivity contribution in [3.05, 3.63) is 88.8 Å². The third kappa shape index (κ3) is 5.18. The van der Waals surface area contributed by atoms with Gasteiger partial charge in [-0.3, -0.25) is 9.59 Å². The van der Waals surface area contributed by atoms with Crippen molar-refractivity contribution in [1.82, 2.24) is 19.8 Å². The van der Waals surface area contributed by atoms with E-state index in [2.05, 4.69) is 41.5 Å². The summed E-state index contributed by atoms with van der Waals surface area (Å²) in [4.78, 5) is 32.1. The number of rotatable bonds is 6. The normalized spacial score (nSPS) is 18.1. The third-order valence-corrected chi connectivity index (χ3v) is 7.23. The molecule has 2 aliphatic heterocycles. The Hall–Kier alpha value is -3.52. The maximum Gasteiger partial charge on any atom is 0.274 e. The van der Waals surface area contributed by atoms with Crippen molar-refractivity contribution in [3.63, 3.8) is 0 Å². The molecule has 2 aromatic carbocycles. The molecule has 3 aromatic rings. The summed E-state index contributed by atoms with van der Waals surface area (Å²) < 4.78 is 21.2. The number of piperidine rings is 1. The molecule has 0 saturated carbocycles. The lowest BCUT2D eigenvalue weighted by atomic mass is 9.95. The molecule has 2 amide bonds. The van der Waals surface area contributed by atoms with Crippen LogP contribution in [0.4, 0.5) is 4.39 Å². The Morgan fingerprint density at radius 2 is 1.75 bits per heavy atom. The van der Waals surface area contributed by atoms with Crippen molar-refractivity contribution in [2.24, 2.45) is 5.92 Å². The zero-order valence-electron chi connectivity index (χ0n) is 20.5. The molecule has 2 aliphatic rings. The molecular formula is C28H31FN4O3. The monoisotopic (exact) mass is 490 g/mol. The third-order valence-electron chi connectivity index (χ3n) is 7.23. The predicted molar refractivity (Wildman–Crippen MR) is 132 cm³/mol. The van der Waals surface area contributed by atoms with Crippen LogP contribution in [0.1, 0.15) is 58.7 Å². The van der Waals surface area contributed by atoms with Crippen LogP contribution in [0, 0.1) is 11.7 Å². The van der Waals surface area contributed by atoms with Crippen LogP contribution in [0.25, 0.3) is 0 Å². The highest BCUT2D eigenvalue weighted by Crippen LogP contribution is 2.29. The summed E-state index contributed by atoms with van der Waals surface area (Å²) in [5.41, 5.74) is 4.42. The molecule has 1 atom stereocenters. The van der Waals surface area contributed by atoms with Gasteiger partial charge in [-0.2, -0.15) is 0 Å². The highest BCUT2D eigenvalue weighted by Gasteiger charge is 2.32. The number of benzene rings is 2. The van der Waals surface area contributed by atoms with Crippen molar-refractivity contribution >= 4 is 11.8 Å². The van der Waals surface area contributed by atoms with Gasteiger partial charge in [-0.15, -0.1) is 0 Å². The first-order valence-corrected chi connectivity index (χ1v) is 12.6. The number of nitrogens with one attached hydrogen (secondary N) is 1. The van der Waals surface area contributed by atoms with E-state index in [0.29, 0.717) is 44.7 Å². The minimum atomic E-state index is -0.284. The van der Waals surface area contributed by atoms with Gasteiger partial charge in [0.25, 0.3) is 5.91 Å². The van der Waals surface area contributed by atoms with Gasteiger partial charge in [-0.05, 0) is 48.1 Å². The van der Waals surface area contributed by atoms with E-state index in [1.165, 1.54) is 17.7 Å². The van der Waals surface area contributed by atoms with E-state index in [1.807, 2.05) is 4.57 Å². The van der Waals surface area contributed by atoms with E-state index in [9.17, 15) is 14.0 Å². The Morgan fingerprint density at radius 3 is 2.44 bits per heavy atom. The second-order valence-corrected chi connectivity index (χ2v) is 9.50. The molecule has 188 valence electrons. The van der Waals surface area contributed by atoms with Crippen LogP contribution in [-0.4, -0.2) is 39.4 Å². The molecule has 36 heavy (non-hydrogen) atoms. The fourth-order valence-electron chi connectivity index (χ4n) is 4.91. The number of aromatic nitrogens is 2. The molecule has 1 N–H and O–H groups in total. The van der Waals surface area contributed by atoms with Gasteiger partial charge in [0.2, 0.25) is 5.91 Å². The smallest absolute Gasteiger partial charge is 0.274 e. The van der Waals surface area contributed by atoms with Crippen LogP contribution >= 0.6 is 0 Å². The summed E-state index contributed by atoms with van der Waals surface area (Å²) >= 11 is 0. The number of likely N-dealkylation sites (tertiary alicyclic amines) is 1. The number of halogens is 1. The highest BCUT2D eigenvalue weighted by atomic mass is 19.1. The number of nitrogens with zero attached hydrogens (tertiary/aromatic N) is 3. The van der Waals surface area contributed by atoms with Crippen LogP contribution < -0.4 is 5.32 Å². The van der Waals surface area contributed by atoms with E-state index < -0.39 is 0 Å². The number of carbonyl (C=O) groups is 2. The molecule has 5 rings (SSSR count). The van der Waals surface area contributed by atoms with E-state index >= 15 is 0 Å². The van der Waals surface area contributed by atoms with E-state index in [1.54, 1.807) is 23.4 Å². The van der Waals surface area contributed by atoms with Gasteiger partial charge in [-0.25, -0.2) is 9.37 Å². The Balaban J connectivity index is 1.14. The maximum absolute atomic E-state index is 13.2. The Labute approximate surface area is 210 Å². The van der Waals surface area contributed by atoms with Crippen LogP contribution in [0.5, 0.6) is 0 Å². The predicted octanol–water partition coefficient (Wildman–Crippen LogP) is 4.02. The number of ether oxygens (including phenoxy) is 1. The second-order valence-electron chi connectivity index (χ2n) is 9.50. The molecule has 3 heterocycles. The van der Waals surface area contributed by atoms with Crippen LogP contribution in [0.2, 0.25) is 0 Å². The van der Waals surface area contributed by atoms with E-state index in [4.69, 9.17) is 4.74 Å². The quantitative estimate of drug-likeness (QED) is 0.566. The molecular weight excluding hydrogens is 459 g/mol. The lowest BCUT2D eigenvalue weighted by Gasteiger charge is -2.31. The number of amides is 2. The van der Waals surface area contributed by atoms with Crippen molar-refractivity contribution in [1.29, 1.82) is 0 Å². The zero-order chi connectivity index (χ0) is 25.1. The molecule has 1 unspecified atom stereocenters. The van der Waals surface area contributed by atoms with Gasteiger partial charge >= 0.3 is 0 Å². The van der Waals surface area contributed by atoms with Crippen LogP contribution in [-0.2, 0) is 35.6 Å². The summed E-state index contributed by atoms with van der Waals surface area (Å²) in [6, 6.07) is 14.6. The number of carbonyl (C=O) groups excluding carboxylic acids is 2. The first-order chi connectivity index (χ1) is 17.5. The number of fused-ring (bicyclic) bond motifs is 1. The van der Waals surface area contributed by atoms with Gasteiger partial charge in [0.1, 0.15) is 11.9 Å². The lowest BCUT2D eigenvalue weighted by Crippen LogP contribution is -2.43.